The number of ether oxygens (including phenoxy) is 1. The highest BCUT2D eigenvalue weighted by atomic mass is 16.5. The first-order valence-electron chi connectivity index (χ1n) is 6.17. The van der Waals surface area contributed by atoms with Gasteiger partial charge in [-0.05, 0) is 52.4 Å². The van der Waals surface area contributed by atoms with Crippen LogP contribution in [0.2, 0.25) is 0 Å². The molecule has 0 amide bonds. The van der Waals surface area contributed by atoms with Crippen molar-refractivity contribution < 1.29 is 14.6 Å². The van der Waals surface area contributed by atoms with Crippen LogP contribution in [0.15, 0.2) is 0 Å². The van der Waals surface area contributed by atoms with Crippen molar-refractivity contribution in [1.29, 1.82) is 0 Å². The normalized spacial score (nSPS) is 22.1. The highest BCUT2D eigenvalue weighted by Crippen LogP contribution is 2.18. The van der Waals surface area contributed by atoms with Crippen LogP contribution in [0.25, 0.3) is 0 Å². The minimum Gasteiger partial charge on any atom is -0.467 e. The van der Waals surface area contributed by atoms with E-state index in [2.05, 4.69) is 15.0 Å². The van der Waals surface area contributed by atoms with E-state index < -0.39 is 11.6 Å². The molecule has 1 atom stereocenters. The van der Waals surface area contributed by atoms with E-state index in [4.69, 9.17) is 0 Å². The van der Waals surface area contributed by atoms with E-state index in [9.17, 15) is 9.90 Å². The molecule has 0 aromatic heterocycles. The van der Waals surface area contributed by atoms with E-state index >= 15 is 0 Å². The lowest BCUT2D eigenvalue weighted by Crippen LogP contribution is -2.50. The summed E-state index contributed by atoms with van der Waals surface area (Å²) in [5.41, 5.74) is -1.40. The molecule has 0 spiro atoms. The van der Waals surface area contributed by atoms with Gasteiger partial charge < -0.3 is 15.2 Å². The van der Waals surface area contributed by atoms with Gasteiger partial charge in [0.15, 0.2) is 5.60 Å². The zero-order chi connectivity index (χ0) is 12.9. The number of likely N-dealkylation sites (tertiary alicyclic amines) is 1. The SMILES string of the molecule is CNCC1CCN(CC(C)(O)C(=O)OC)CC1. The van der Waals surface area contributed by atoms with Crippen LogP contribution in [0.4, 0.5) is 0 Å². The second-order valence-corrected chi connectivity index (χ2v) is 5.04. The van der Waals surface area contributed by atoms with Crippen molar-refractivity contribution in [3.63, 3.8) is 0 Å². The Bertz CT molecular complexity index is 248. The Labute approximate surface area is 103 Å². The Morgan fingerprint density at radius 1 is 1.53 bits per heavy atom. The van der Waals surface area contributed by atoms with Gasteiger partial charge >= 0.3 is 5.97 Å². The van der Waals surface area contributed by atoms with Gasteiger partial charge in [-0.3, -0.25) is 4.90 Å². The second-order valence-electron chi connectivity index (χ2n) is 5.04. The van der Waals surface area contributed by atoms with Crippen LogP contribution in [0.3, 0.4) is 0 Å². The Hall–Kier alpha value is -0.650. The van der Waals surface area contributed by atoms with E-state index in [1.807, 2.05) is 7.05 Å². The summed E-state index contributed by atoms with van der Waals surface area (Å²) >= 11 is 0. The highest BCUT2D eigenvalue weighted by molar-refractivity contribution is 5.78. The lowest BCUT2D eigenvalue weighted by atomic mass is 9.95. The number of hydrogen-bond acceptors (Lipinski definition) is 5. The number of rotatable bonds is 5. The van der Waals surface area contributed by atoms with Gasteiger partial charge in [-0.1, -0.05) is 0 Å². The summed E-state index contributed by atoms with van der Waals surface area (Å²) in [5.74, 6) is 0.147. The number of esters is 1. The van der Waals surface area contributed by atoms with E-state index in [-0.39, 0.29) is 0 Å². The van der Waals surface area contributed by atoms with Crippen molar-refractivity contribution in [2.24, 2.45) is 5.92 Å². The first-order valence-corrected chi connectivity index (χ1v) is 6.17. The quantitative estimate of drug-likeness (QED) is 0.658. The number of hydrogen-bond donors (Lipinski definition) is 2. The Morgan fingerprint density at radius 2 is 2.12 bits per heavy atom. The van der Waals surface area contributed by atoms with Crippen molar-refractivity contribution in [3.05, 3.63) is 0 Å². The third-order valence-corrected chi connectivity index (χ3v) is 3.36. The minimum atomic E-state index is -1.40. The number of aliphatic hydroxyl groups is 1. The van der Waals surface area contributed by atoms with Crippen molar-refractivity contribution in [2.45, 2.75) is 25.4 Å². The summed E-state index contributed by atoms with van der Waals surface area (Å²) < 4.78 is 4.59. The molecule has 0 radical (unpaired) electrons. The number of methoxy groups -OCH3 is 1. The van der Waals surface area contributed by atoms with Gasteiger partial charge in [0.05, 0.1) is 7.11 Å². The summed E-state index contributed by atoms with van der Waals surface area (Å²) in [5, 5.41) is 13.2. The number of β-amino-alcohol motifs (C(OH)–C–C–N with tert-alkyl or cyclic N) is 1. The first-order chi connectivity index (χ1) is 7.99. The molecule has 1 heterocycles. The summed E-state index contributed by atoms with van der Waals surface area (Å²) in [6.45, 7) is 4.77. The molecule has 2 N–H and O–H groups in total. The second kappa shape index (κ2) is 6.33. The number of nitrogens with one attached hydrogen (secondary N) is 1. The van der Waals surface area contributed by atoms with Gasteiger partial charge in [0, 0.05) is 6.54 Å². The molecule has 1 rings (SSSR count). The molecule has 5 nitrogen and oxygen atoms in total. The van der Waals surface area contributed by atoms with Crippen molar-refractivity contribution in [2.75, 3.05) is 40.3 Å². The maximum atomic E-state index is 11.4. The largest absolute Gasteiger partial charge is 0.467 e. The van der Waals surface area contributed by atoms with E-state index in [1.165, 1.54) is 14.0 Å². The van der Waals surface area contributed by atoms with Crippen LogP contribution in [-0.2, 0) is 9.53 Å². The number of nitrogens with zero attached hydrogens (tertiary/aromatic N) is 1. The zero-order valence-electron chi connectivity index (χ0n) is 11.0. The highest BCUT2D eigenvalue weighted by Gasteiger charge is 2.34. The van der Waals surface area contributed by atoms with Crippen molar-refractivity contribution >= 4 is 5.97 Å². The summed E-state index contributed by atoms with van der Waals surface area (Å²) in [6, 6.07) is 0. The van der Waals surface area contributed by atoms with Crippen molar-refractivity contribution in [3.8, 4) is 0 Å². The molecule has 5 heteroatoms. The smallest absolute Gasteiger partial charge is 0.338 e. The monoisotopic (exact) mass is 244 g/mol. The molecule has 0 aromatic rings. The predicted molar refractivity (Wildman–Crippen MR) is 65.7 cm³/mol. The molecular formula is C12H24N2O3. The summed E-state index contributed by atoms with van der Waals surface area (Å²) in [7, 11) is 3.27. The molecule has 1 saturated heterocycles. The van der Waals surface area contributed by atoms with Crippen molar-refractivity contribution in [1.82, 2.24) is 10.2 Å². The van der Waals surface area contributed by atoms with Gasteiger partial charge in [0.25, 0.3) is 0 Å². The maximum Gasteiger partial charge on any atom is 0.338 e. The topological polar surface area (TPSA) is 61.8 Å². The molecule has 0 saturated carbocycles. The van der Waals surface area contributed by atoms with E-state index in [1.54, 1.807) is 0 Å². The number of piperidine rings is 1. The molecule has 1 aliphatic rings. The molecule has 0 aliphatic carbocycles. The Balaban J connectivity index is 2.37. The van der Waals surface area contributed by atoms with Crippen LogP contribution >= 0.6 is 0 Å². The number of carbonyl (C=O) groups excluding carboxylic acids is 1. The Morgan fingerprint density at radius 3 is 2.59 bits per heavy atom. The van der Waals surface area contributed by atoms with Crippen LogP contribution in [0, 0.1) is 5.92 Å². The minimum absolute atomic E-state index is 0.353. The van der Waals surface area contributed by atoms with Gasteiger partial charge in [-0.2, -0.15) is 0 Å². The van der Waals surface area contributed by atoms with Crippen LogP contribution in [0.1, 0.15) is 19.8 Å². The molecule has 0 bridgehead atoms. The standard InChI is InChI=1S/C12H24N2O3/c1-12(16,11(15)17-3)9-14-6-4-10(5-7-14)8-13-2/h10,13,16H,4-9H2,1-3H3. The van der Waals surface area contributed by atoms with E-state index in [0.29, 0.717) is 12.5 Å². The van der Waals surface area contributed by atoms with Crippen LogP contribution < -0.4 is 5.32 Å². The van der Waals surface area contributed by atoms with Crippen LogP contribution in [0.5, 0.6) is 0 Å². The molecule has 0 aromatic carbocycles. The fraction of sp³-hybridized carbons (Fsp3) is 0.917. The fourth-order valence-corrected chi connectivity index (χ4v) is 2.36. The third-order valence-electron chi connectivity index (χ3n) is 3.36. The molecule has 1 fully saturated rings. The Kier molecular flexibility index (Phi) is 5.36. The molecular weight excluding hydrogens is 220 g/mol. The lowest BCUT2D eigenvalue weighted by Gasteiger charge is -2.35. The van der Waals surface area contributed by atoms with Gasteiger partial charge in [0.2, 0.25) is 0 Å². The van der Waals surface area contributed by atoms with Gasteiger partial charge in [-0.25, -0.2) is 4.79 Å². The van der Waals surface area contributed by atoms with Gasteiger partial charge in [-0.15, -0.1) is 0 Å². The summed E-state index contributed by atoms with van der Waals surface area (Å²) in [6.07, 6.45) is 2.22. The molecule has 100 valence electrons. The number of carbonyl (C=O) groups is 1. The average molecular weight is 244 g/mol. The predicted octanol–water partition coefficient (Wildman–Crippen LogP) is -0.158. The molecule has 1 aliphatic heterocycles. The lowest BCUT2D eigenvalue weighted by molar-refractivity contribution is -0.162. The van der Waals surface area contributed by atoms with E-state index in [0.717, 1.165) is 32.5 Å². The van der Waals surface area contributed by atoms with Gasteiger partial charge in [0.1, 0.15) is 0 Å². The fourth-order valence-electron chi connectivity index (χ4n) is 2.36. The zero-order valence-corrected chi connectivity index (χ0v) is 11.0. The molecule has 17 heavy (non-hydrogen) atoms. The summed E-state index contributed by atoms with van der Waals surface area (Å²) in [4.78, 5) is 13.5. The third kappa shape index (κ3) is 4.26. The first kappa shape index (κ1) is 14.4. The molecule has 1 unspecified atom stereocenters. The van der Waals surface area contributed by atoms with Crippen LogP contribution in [-0.4, -0.2) is 61.9 Å². The average Bonchev–Trinajstić information content (AvgIpc) is 2.30. The maximum absolute atomic E-state index is 11.4.